The normalized spacial score (nSPS) is 27.1. The second kappa shape index (κ2) is 5.30. The number of ether oxygens (including phenoxy) is 1. The summed E-state index contributed by atoms with van der Waals surface area (Å²) in [4.78, 5) is 14.0. The summed E-state index contributed by atoms with van der Waals surface area (Å²) in [6.07, 6.45) is 0.312. The maximum absolute atomic E-state index is 5.91. The maximum Gasteiger partial charge on any atom is 0.133 e. The zero-order chi connectivity index (χ0) is 14.3. The Bertz CT molecular complexity index is 491. The Balaban J connectivity index is 1.83. The van der Waals surface area contributed by atoms with Gasteiger partial charge in [-0.15, -0.1) is 0 Å². The van der Waals surface area contributed by atoms with Gasteiger partial charge < -0.3 is 9.64 Å². The Morgan fingerprint density at radius 1 is 1.30 bits per heavy atom. The van der Waals surface area contributed by atoms with Gasteiger partial charge in [0.1, 0.15) is 11.6 Å². The molecular weight excluding hydrogens is 252 g/mol. The molecule has 20 heavy (non-hydrogen) atoms. The third-order valence-electron chi connectivity index (χ3n) is 4.28. The van der Waals surface area contributed by atoms with Crippen LogP contribution in [0.25, 0.3) is 0 Å². The highest BCUT2D eigenvalue weighted by atomic mass is 16.5. The van der Waals surface area contributed by atoms with Crippen LogP contribution < -0.4 is 4.90 Å². The lowest BCUT2D eigenvalue weighted by Gasteiger charge is -2.33. The smallest absolute Gasteiger partial charge is 0.133 e. The fourth-order valence-corrected chi connectivity index (χ4v) is 3.04. The lowest BCUT2D eigenvalue weighted by atomic mass is 10.1. The Kier molecular flexibility index (Phi) is 3.65. The predicted molar refractivity (Wildman–Crippen MR) is 79.2 cm³/mol. The highest BCUT2D eigenvalue weighted by Crippen LogP contribution is 2.26. The van der Waals surface area contributed by atoms with Crippen LogP contribution in [0.2, 0.25) is 0 Å². The lowest BCUT2D eigenvalue weighted by molar-refractivity contribution is -0.0362. The van der Waals surface area contributed by atoms with Crippen molar-refractivity contribution < 1.29 is 4.74 Å². The molecule has 2 aliphatic heterocycles. The van der Waals surface area contributed by atoms with E-state index in [2.05, 4.69) is 41.7 Å². The predicted octanol–water partition coefficient (Wildman–Crippen LogP) is 1.43. The third-order valence-corrected chi connectivity index (χ3v) is 4.28. The van der Waals surface area contributed by atoms with Crippen LogP contribution in [0.3, 0.4) is 0 Å². The average molecular weight is 276 g/mol. The molecule has 5 nitrogen and oxygen atoms in total. The van der Waals surface area contributed by atoms with Crippen LogP contribution >= 0.6 is 0 Å². The molecule has 0 amide bonds. The van der Waals surface area contributed by atoms with Crippen LogP contribution in [0.4, 0.5) is 5.82 Å². The first-order chi connectivity index (χ1) is 9.54. The Labute approximate surface area is 121 Å². The molecule has 2 aliphatic rings. The molecule has 0 N–H and O–H groups in total. The molecule has 0 aliphatic carbocycles. The highest BCUT2D eigenvalue weighted by Gasteiger charge is 2.39. The number of aromatic nitrogens is 2. The van der Waals surface area contributed by atoms with Gasteiger partial charge in [-0.3, -0.25) is 4.90 Å². The van der Waals surface area contributed by atoms with E-state index >= 15 is 0 Å². The monoisotopic (exact) mass is 276 g/mol. The van der Waals surface area contributed by atoms with Crippen molar-refractivity contribution in [3.05, 3.63) is 17.6 Å². The van der Waals surface area contributed by atoms with E-state index in [1.165, 1.54) is 0 Å². The van der Waals surface area contributed by atoms with Gasteiger partial charge in [0.05, 0.1) is 18.8 Å². The number of anilines is 1. The van der Waals surface area contributed by atoms with E-state index < -0.39 is 0 Å². The van der Waals surface area contributed by atoms with E-state index in [9.17, 15) is 0 Å². The fourth-order valence-electron chi connectivity index (χ4n) is 3.04. The van der Waals surface area contributed by atoms with Gasteiger partial charge in [0, 0.05) is 37.3 Å². The van der Waals surface area contributed by atoms with Crippen LogP contribution in [-0.2, 0) is 4.74 Å². The Hall–Kier alpha value is -1.20. The van der Waals surface area contributed by atoms with Gasteiger partial charge in [-0.05, 0) is 14.0 Å². The molecule has 110 valence electrons. The van der Waals surface area contributed by atoms with Crippen molar-refractivity contribution in [3.8, 4) is 0 Å². The summed E-state index contributed by atoms with van der Waals surface area (Å²) >= 11 is 0. The SMILES string of the molecule is Cc1cc(N2CC3OCCN(C)C3C2)nc(C(C)C)n1. The van der Waals surface area contributed by atoms with Crippen molar-refractivity contribution in [1.82, 2.24) is 14.9 Å². The van der Waals surface area contributed by atoms with Crippen LogP contribution in [0.15, 0.2) is 6.07 Å². The molecule has 3 heterocycles. The molecule has 1 aromatic heterocycles. The molecule has 3 rings (SSSR count). The van der Waals surface area contributed by atoms with Gasteiger partial charge in [-0.1, -0.05) is 13.8 Å². The minimum Gasteiger partial charge on any atom is -0.373 e. The summed E-state index contributed by atoms with van der Waals surface area (Å²) in [6, 6.07) is 2.57. The second-order valence-corrected chi connectivity index (χ2v) is 6.24. The maximum atomic E-state index is 5.91. The van der Waals surface area contributed by atoms with Crippen LogP contribution in [0, 0.1) is 6.92 Å². The zero-order valence-corrected chi connectivity index (χ0v) is 12.8. The topological polar surface area (TPSA) is 41.5 Å². The van der Waals surface area contributed by atoms with Gasteiger partial charge >= 0.3 is 0 Å². The summed E-state index contributed by atoms with van der Waals surface area (Å²) in [5.41, 5.74) is 1.04. The van der Waals surface area contributed by atoms with E-state index in [4.69, 9.17) is 9.72 Å². The Morgan fingerprint density at radius 3 is 2.80 bits per heavy atom. The summed E-state index contributed by atoms with van der Waals surface area (Å²) in [5.74, 6) is 2.34. The molecule has 0 radical (unpaired) electrons. The molecular formula is C15H24N4O. The molecule has 2 fully saturated rings. The molecule has 2 unspecified atom stereocenters. The number of aryl methyl sites for hydroxylation is 1. The van der Waals surface area contributed by atoms with Crippen LogP contribution in [0.1, 0.15) is 31.3 Å². The van der Waals surface area contributed by atoms with Gasteiger partial charge in [0.15, 0.2) is 0 Å². The van der Waals surface area contributed by atoms with Crippen molar-refractivity contribution >= 4 is 5.82 Å². The Morgan fingerprint density at radius 2 is 2.10 bits per heavy atom. The van der Waals surface area contributed by atoms with Crippen molar-refractivity contribution in [2.45, 2.75) is 38.8 Å². The lowest BCUT2D eigenvalue weighted by Crippen LogP contribution is -2.48. The van der Waals surface area contributed by atoms with Gasteiger partial charge in [0.25, 0.3) is 0 Å². The summed E-state index contributed by atoms with van der Waals surface area (Å²) < 4.78 is 5.91. The number of nitrogens with zero attached hydrogens (tertiary/aromatic N) is 4. The van der Waals surface area contributed by atoms with Crippen molar-refractivity contribution in [2.75, 3.05) is 38.2 Å². The molecule has 2 saturated heterocycles. The first-order valence-electron chi connectivity index (χ1n) is 7.47. The van der Waals surface area contributed by atoms with Crippen molar-refractivity contribution in [3.63, 3.8) is 0 Å². The summed E-state index contributed by atoms with van der Waals surface area (Å²) in [5, 5.41) is 0. The number of fused-ring (bicyclic) bond motifs is 1. The van der Waals surface area contributed by atoms with E-state index in [0.717, 1.165) is 43.6 Å². The number of rotatable bonds is 2. The minimum absolute atomic E-state index is 0.312. The number of morpholine rings is 1. The molecule has 0 bridgehead atoms. The second-order valence-electron chi connectivity index (χ2n) is 6.24. The minimum atomic E-state index is 0.312. The highest BCUT2D eigenvalue weighted by molar-refractivity contribution is 5.42. The quantitative estimate of drug-likeness (QED) is 0.817. The van der Waals surface area contributed by atoms with E-state index in [0.29, 0.717) is 18.1 Å². The standard InChI is InChI=1S/C15H24N4O/c1-10(2)15-16-11(3)7-14(17-15)19-8-12-13(9-19)20-6-5-18(12)4/h7,10,12-13H,5-6,8-9H2,1-4H3. The van der Waals surface area contributed by atoms with E-state index in [-0.39, 0.29) is 0 Å². The number of likely N-dealkylation sites (N-methyl/N-ethyl adjacent to an activating group) is 1. The first-order valence-corrected chi connectivity index (χ1v) is 7.47. The van der Waals surface area contributed by atoms with Gasteiger partial charge in [0.2, 0.25) is 0 Å². The largest absolute Gasteiger partial charge is 0.373 e. The van der Waals surface area contributed by atoms with Gasteiger partial charge in [-0.25, -0.2) is 9.97 Å². The third kappa shape index (κ3) is 2.52. The van der Waals surface area contributed by atoms with Crippen LogP contribution in [0.5, 0.6) is 0 Å². The molecule has 0 spiro atoms. The summed E-state index contributed by atoms with van der Waals surface area (Å²) in [6.45, 7) is 10.1. The fraction of sp³-hybridized carbons (Fsp3) is 0.733. The first kappa shape index (κ1) is 13.8. The van der Waals surface area contributed by atoms with Crippen LogP contribution in [-0.4, -0.2) is 60.3 Å². The van der Waals surface area contributed by atoms with E-state index in [1.54, 1.807) is 0 Å². The zero-order valence-electron chi connectivity index (χ0n) is 12.8. The molecule has 2 atom stereocenters. The average Bonchev–Trinajstić information content (AvgIpc) is 2.83. The number of hydrogen-bond acceptors (Lipinski definition) is 5. The summed E-state index contributed by atoms with van der Waals surface area (Å²) in [7, 11) is 2.19. The van der Waals surface area contributed by atoms with Crippen molar-refractivity contribution in [1.29, 1.82) is 0 Å². The molecule has 0 aromatic carbocycles. The number of hydrogen-bond donors (Lipinski definition) is 0. The van der Waals surface area contributed by atoms with Crippen molar-refractivity contribution in [2.24, 2.45) is 0 Å². The molecule has 1 aromatic rings. The molecule has 5 heteroatoms. The van der Waals surface area contributed by atoms with E-state index in [1.807, 2.05) is 6.92 Å². The molecule has 0 saturated carbocycles. The van der Waals surface area contributed by atoms with Gasteiger partial charge in [-0.2, -0.15) is 0 Å².